The molecule has 0 aliphatic carbocycles. The predicted octanol–water partition coefficient (Wildman–Crippen LogP) is 4.21. The van der Waals surface area contributed by atoms with Gasteiger partial charge in [-0.3, -0.25) is 14.7 Å². The zero-order chi connectivity index (χ0) is 29.2. The van der Waals surface area contributed by atoms with E-state index >= 15 is 0 Å². The summed E-state index contributed by atoms with van der Waals surface area (Å²) in [6.07, 6.45) is -4.17. The van der Waals surface area contributed by atoms with E-state index in [0.717, 1.165) is 11.3 Å². The van der Waals surface area contributed by atoms with E-state index < -0.39 is 34.1 Å². The number of hydrogen-bond acceptors (Lipinski definition) is 7. The number of fused-ring (bicyclic) bond motifs is 1. The minimum Gasteiger partial charge on any atom is -0.394 e. The Bertz CT molecular complexity index is 1290. The standard InChI is InChI=1S/C28H36F3N3O5S/c1-4-40(37,38)22-8-6-19(7-9-22)23(15-35)33-27(36)20-11-21-14-34(26(17(2)3)25(21)32-12-20)13-18-5-10-24(39-16-18)28(29,30)31/h6-9,11-12,17-18,23-24,26,35H,4-5,10,13-16H2,1-3H3,(H,33,36)/t18-,23+,24-,26+/m1/s1. The van der Waals surface area contributed by atoms with E-state index in [1.54, 1.807) is 25.1 Å². The van der Waals surface area contributed by atoms with E-state index in [9.17, 15) is 31.5 Å². The van der Waals surface area contributed by atoms with Crippen molar-refractivity contribution in [3.05, 3.63) is 58.9 Å². The minimum atomic E-state index is -4.34. The predicted molar refractivity (Wildman–Crippen MR) is 142 cm³/mol. The van der Waals surface area contributed by atoms with Gasteiger partial charge in [0.1, 0.15) is 0 Å². The van der Waals surface area contributed by atoms with Crippen molar-refractivity contribution in [3.63, 3.8) is 0 Å². The largest absolute Gasteiger partial charge is 0.414 e. The van der Waals surface area contributed by atoms with E-state index in [4.69, 9.17) is 4.74 Å². The molecule has 0 saturated carbocycles. The zero-order valence-electron chi connectivity index (χ0n) is 22.8. The van der Waals surface area contributed by atoms with E-state index in [0.29, 0.717) is 30.6 Å². The third kappa shape index (κ3) is 6.67. The Hall–Kier alpha value is -2.54. The summed E-state index contributed by atoms with van der Waals surface area (Å²) in [6.45, 7) is 6.45. The quantitative estimate of drug-likeness (QED) is 0.455. The van der Waals surface area contributed by atoms with Gasteiger partial charge < -0.3 is 15.2 Å². The number of carbonyl (C=O) groups excluding carboxylic acids is 1. The first-order valence-corrected chi connectivity index (χ1v) is 15.1. The van der Waals surface area contributed by atoms with Gasteiger partial charge in [-0.05, 0) is 54.0 Å². The van der Waals surface area contributed by atoms with Gasteiger partial charge in [0.2, 0.25) is 0 Å². The first kappa shape index (κ1) is 30.4. The van der Waals surface area contributed by atoms with Gasteiger partial charge in [-0.2, -0.15) is 13.2 Å². The Morgan fingerprint density at radius 1 is 1.23 bits per heavy atom. The van der Waals surface area contributed by atoms with Crippen molar-refractivity contribution >= 4 is 15.7 Å². The zero-order valence-corrected chi connectivity index (χ0v) is 23.6. The van der Waals surface area contributed by atoms with Crippen molar-refractivity contribution in [2.24, 2.45) is 11.8 Å². The topological polar surface area (TPSA) is 109 Å². The van der Waals surface area contributed by atoms with Crippen molar-refractivity contribution in [2.75, 3.05) is 25.5 Å². The van der Waals surface area contributed by atoms with E-state index in [1.165, 1.54) is 18.3 Å². The van der Waals surface area contributed by atoms with E-state index in [1.807, 2.05) is 0 Å². The molecule has 2 aromatic rings. The first-order valence-electron chi connectivity index (χ1n) is 13.5. The van der Waals surface area contributed by atoms with Crippen LogP contribution in [0.1, 0.15) is 72.9 Å². The number of pyridine rings is 1. The lowest BCUT2D eigenvalue weighted by molar-refractivity contribution is -0.236. The van der Waals surface area contributed by atoms with Crippen LogP contribution in [0.3, 0.4) is 0 Å². The molecule has 220 valence electrons. The van der Waals surface area contributed by atoms with Crippen LogP contribution in [0.2, 0.25) is 0 Å². The van der Waals surface area contributed by atoms with Gasteiger partial charge in [-0.25, -0.2) is 8.42 Å². The number of hydrogen-bond donors (Lipinski definition) is 2. The molecule has 12 heteroatoms. The minimum absolute atomic E-state index is 0.0269. The van der Waals surface area contributed by atoms with Crippen LogP contribution in [0.4, 0.5) is 13.2 Å². The lowest BCUT2D eigenvalue weighted by Gasteiger charge is -2.35. The van der Waals surface area contributed by atoms with Crippen LogP contribution in [0, 0.1) is 11.8 Å². The van der Waals surface area contributed by atoms with E-state index in [-0.39, 0.29) is 48.2 Å². The number of alkyl halides is 3. The number of aromatic nitrogens is 1. The van der Waals surface area contributed by atoms with Crippen LogP contribution < -0.4 is 5.32 Å². The molecule has 1 amide bonds. The number of carbonyl (C=O) groups is 1. The molecule has 1 aromatic heterocycles. The summed E-state index contributed by atoms with van der Waals surface area (Å²) < 4.78 is 68.2. The first-order chi connectivity index (χ1) is 18.8. The number of aliphatic hydroxyl groups excluding tert-OH is 1. The molecule has 3 heterocycles. The summed E-state index contributed by atoms with van der Waals surface area (Å²) >= 11 is 0. The normalized spacial score (nSPS) is 22.8. The molecular weight excluding hydrogens is 547 g/mol. The number of ether oxygens (including phenoxy) is 1. The molecule has 0 bridgehead atoms. The number of halogens is 3. The molecule has 40 heavy (non-hydrogen) atoms. The highest BCUT2D eigenvalue weighted by atomic mass is 32.2. The molecule has 2 N–H and O–H groups in total. The molecule has 2 aliphatic heterocycles. The molecule has 1 fully saturated rings. The van der Waals surface area contributed by atoms with Crippen molar-refractivity contribution in [1.29, 1.82) is 0 Å². The number of rotatable bonds is 9. The molecule has 1 saturated heterocycles. The number of aliphatic hydroxyl groups is 1. The molecule has 8 nitrogen and oxygen atoms in total. The van der Waals surface area contributed by atoms with Crippen molar-refractivity contribution < 1.29 is 36.2 Å². The lowest BCUT2D eigenvalue weighted by atomic mass is 9.95. The Labute approximate surface area is 232 Å². The summed E-state index contributed by atoms with van der Waals surface area (Å²) in [5.74, 6) is -0.294. The Morgan fingerprint density at radius 2 is 1.93 bits per heavy atom. The average molecular weight is 584 g/mol. The van der Waals surface area contributed by atoms with Crippen LogP contribution in [0.25, 0.3) is 0 Å². The Kier molecular flexibility index (Phi) is 9.23. The molecule has 0 spiro atoms. The van der Waals surface area contributed by atoms with Gasteiger partial charge in [0.25, 0.3) is 5.91 Å². The molecule has 0 radical (unpaired) electrons. The van der Waals surface area contributed by atoms with E-state index in [2.05, 4.69) is 29.0 Å². The van der Waals surface area contributed by atoms with Crippen LogP contribution in [-0.4, -0.2) is 67.1 Å². The Morgan fingerprint density at radius 3 is 2.48 bits per heavy atom. The molecule has 0 unspecified atom stereocenters. The van der Waals surface area contributed by atoms with Crippen molar-refractivity contribution in [3.8, 4) is 0 Å². The third-order valence-corrected chi connectivity index (χ3v) is 9.43. The van der Waals surface area contributed by atoms with Crippen LogP contribution in [0.5, 0.6) is 0 Å². The summed E-state index contributed by atoms with van der Waals surface area (Å²) in [5, 5.41) is 12.7. The van der Waals surface area contributed by atoms with Gasteiger partial charge in [0, 0.05) is 19.3 Å². The third-order valence-electron chi connectivity index (χ3n) is 7.68. The van der Waals surface area contributed by atoms with Gasteiger partial charge in [0.05, 0.1) is 47.2 Å². The molecule has 2 aliphatic rings. The van der Waals surface area contributed by atoms with Gasteiger partial charge >= 0.3 is 6.18 Å². The number of nitrogens with one attached hydrogen (secondary N) is 1. The highest BCUT2D eigenvalue weighted by Crippen LogP contribution is 2.40. The average Bonchev–Trinajstić information content (AvgIpc) is 3.28. The van der Waals surface area contributed by atoms with Crippen LogP contribution in [0.15, 0.2) is 41.4 Å². The number of nitrogens with zero attached hydrogens (tertiary/aromatic N) is 2. The second-order valence-electron chi connectivity index (χ2n) is 10.9. The maximum Gasteiger partial charge on any atom is 0.414 e. The maximum atomic E-state index is 13.1. The molecule has 1 aromatic carbocycles. The monoisotopic (exact) mass is 583 g/mol. The summed E-state index contributed by atoms with van der Waals surface area (Å²) in [7, 11) is -3.37. The highest BCUT2D eigenvalue weighted by Gasteiger charge is 2.44. The molecular formula is C28H36F3N3O5S. The van der Waals surface area contributed by atoms with Gasteiger partial charge in [-0.1, -0.05) is 32.9 Å². The highest BCUT2D eigenvalue weighted by molar-refractivity contribution is 7.91. The second-order valence-corrected chi connectivity index (χ2v) is 13.2. The maximum absolute atomic E-state index is 13.1. The fraction of sp³-hybridized carbons (Fsp3) is 0.571. The number of amides is 1. The number of sulfone groups is 1. The summed E-state index contributed by atoms with van der Waals surface area (Å²) in [4.78, 5) is 20.1. The van der Waals surface area contributed by atoms with Crippen LogP contribution >= 0.6 is 0 Å². The molecule has 4 atom stereocenters. The van der Waals surface area contributed by atoms with Crippen molar-refractivity contribution in [2.45, 2.75) is 69.4 Å². The second kappa shape index (κ2) is 12.1. The summed E-state index contributed by atoms with van der Waals surface area (Å²) in [6, 6.07) is 7.06. The van der Waals surface area contributed by atoms with Gasteiger partial charge in [-0.15, -0.1) is 0 Å². The van der Waals surface area contributed by atoms with Gasteiger partial charge in [0.15, 0.2) is 15.9 Å². The number of benzene rings is 1. The summed E-state index contributed by atoms with van der Waals surface area (Å²) in [5.41, 5.74) is 2.61. The Balaban J connectivity index is 1.44. The van der Waals surface area contributed by atoms with Crippen LogP contribution in [-0.2, 0) is 21.1 Å². The fourth-order valence-electron chi connectivity index (χ4n) is 5.53. The SMILES string of the molecule is CCS(=O)(=O)c1ccc([C@H](CO)NC(=O)c2cnc3c(c2)CN(C[C@H]2CC[C@H](C(F)(F)F)OC2)[C@H]3C(C)C)cc1. The molecule has 4 rings (SSSR count). The smallest absolute Gasteiger partial charge is 0.394 e. The van der Waals surface area contributed by atoms with Crippen molar-refractivity contribution in [1.82, 2.24) is 15.2 Å². The fourth-order valence-corrected chi connectivity index (χ4v) is 6.42. The lowest BCUT2D eigenvalue weighted by Crippen LogP contribution is -2.41.